The van der Waals surface area contributed by atoms with Gasteiger partial charge in [0.2, 0.25) is 0 Å². The Hall–Kier alpha value is -8.46. The van der Waals surface area contributed by atoms with Crippen molar-refractivity contribution >= 4 is 60.5 Å². The van der Waals surface area contributed by atoms with Gasteiger partial charge >= 0.3 is 0 Å². The highest BCUT2D eigenvalue weighted by molar-refractivity contribution is 6.22. The lowest BCUT2D eigenvalue weighted by Crippen LogP contribution is -2.11. The molecule has 0 saturated carbocycles. The van der Waals surface area contributed by atoms with Gasteiger partial charge in [-0.2, -0.15) is 0 Å². The predicted molar refractivity (Wildman–Crippen MR) is 271 cm³/mol. The summed E-state index contributed by atoms with van der Waals surface area (Å²) < 4.78 is 6.51. The molecule has 12 aromatic rings. The standard InChI is InChI=1S/C62H41NO/c1-5-19-42(20-6-1)50-38-36-49(41-55(50)43-21-7-2-8-22-43)63(57-32-18-34-59-62(57)54-31-15-16-33-58(54)64-59)48-28-17-27-46(39-48)47-35-37-52-51-29-13-14-30-53(51)60(44-23-9-3-10-24-44)61(56(52)40-47)45-25-11-4-12-26-45/h1-41H. The van der Waals surface area contributed by atoms with Crippen molar-refractivity contribution in [3.05, 3.63) is 249 Å². The first-order valence-corrected chi connectivity index (χ1v) is 21.9. The molecule has 2 nitrogen and oxygen atoms in total. The molecule has 12 rings (SSSR count). The minimum atomic E-state index is 0.855. The minimum absolute atomic E-state index is 0.855. The summed E-state index contributed by atoms with van der Waals surface area (Å²) >= 11 is 0. The van der Waals surface area contributed by atoms with Crippen LogP contribution in [0.3, 0.4) is 0 Å². The third-order valence-electron chi connectivity index (χ3n) is 12.6. The molecule has 64 heavy (non-hydrogen) atoms. The Kier molecular flexibility index (Phi) is 9.20. The monoisotopic (exact) mass is 815 g/mol. The number of hydrogen-bond donors (Lipinski definition) is 0. The molecule has 0 bridgehead atoms. The van der Waals surface area contributed by atoms with Crippen molar-refractivity contribution in [1.29, 1.82) is 0 Å². The van der Waals surface area contributed by atoms with E-state index in [9.17, 15) is 0 Å². The van der Waals surface area contributed by atoms with E-state index in [1.807, 2.05) is 6.07 Å². The second-order valence-electron chi connectivity index (χ2n) is 16.4. The summed E-state index contributed by atoms with van der Waals surface area (Å²) in [7, 11) is 0. The van der Waals surface area contributed by atoms with E-state index in [4.69, 9.17) is 4.42 Å². The van der Waals surface area contributed by atoms with E-state index in [-0.39, 0.29) is 0 Å². The van der Waals surface area contributed by atoms with Gasteiger partial charge in [-0.05, 0) is 126 Å². The number of hydrogen-bond acceptors (Lipinski definition) is 2. The van der Waals surface area contributed by atoms with E-state index in [1.165, 1.54) is 60.5 Å². The van der Waals surface area contributed by atoms with Crippen molar-refractivity contribution in [2.24, 2.45) is 0 Å². The van der Waals surface area contributed by atoms with Crippen LogP contribution in [0.25, 0.3) is 99.1 Å². The maximum absolute atomic E-state index is 6.51. The zero-order valence-electron chi connectivity index (χ0n) is 35.0. The zero-order chi connectivity index (χ0) is 42.4. The van der Waals surface area contributed by atoms with Gasteiger partial charge in [0.25, 0.3) is 0 Å². The van der Waals surface area contributed by atoms with Crippen LogP contribution in [0, 0.1) is 0 Å². The van der Waals surface area contributed by atoms with Crippen LogP contribution < -0.4 is 4.90 Å². The lowest BCUT2D eigenvalue weighted by molar-refractivity contribution is 0.669. The SMILES string of the molecule is c1ccc(-c2ccc(N(c3cccc(-c4ccc5c(c4)c(-c4ccccc4)c(-c4ccccc4)c4ccccc45)c3)c3cccc4oc5ccccc5c34)cc2-c2ccccc2)cc1. The molecular formula is C62H41NO. The third kappa shape index (κ3) is 6.44. The Bertz CT molecular complexity index is 3650. The minimum Gasteiger partial charge on any atom is -0.456 e. The Morgan fingerprint density at radius 1 is 0.266 bits per heavy atom. The average Bonchev–Trinajstić information content (AvgIpc) is 3.76. The summed E-state index contributed by atoms with van der Waals surface area (Å²) in [6.07, 6.45) is 0. The summed E-state index contributed by atoms with van der Waals surface area (Å²) in [5.74, 6) is 0. The van der Waals surface area contributed by atoms with Crippen LogP contribution in [0.4, 0.5) is 17.1 Å². The van der Waals surface area contributed by atoms with Crippen molar-refractivity contribution < 1.29 is 4.42 Å². The molecule has 0 unspecified atom stereocenters. The third-order valence-corrected chi connectivity index (χ3v) is 12.6. The number of nitrogens with zero attached hydrogens (tertiary/aromatic N) is 1. The molecule has 0 atom stereocenters. The molecule has 0 amide bonds. The predicted octanol–water partition coefficient (Wildman–Crippen LogP) is 17.7. The smallest absolute Gasteiger partial charge is 0.137 e. The molecule has 0 aliphatic heterocycles. The molecule has 0 fully saturated rings. The number of benzene rings is 11. The van der Waals surface area contributed by atoms with Gasteiger partial charge in [-0.3, -0.25) is 0 Å². The normalized spacial score (nSPS) is 11.4. The van der Waals surface area contributed by atoms with Gasteiger partial charge in [0.05, 0.1) is 11.1 Å². The molecule has 0 N–H and O–H groups in total. The van der Waals surface area contributed by atoms with E-state index >= 15 is 0 Å². The first kappa shape index (κ1) is 37.3. The second-order valence-corrected chi connectivity index (χ2v) is 16.4. The summed E-state index contributed by atoms with van der Waals surface area (Å²) in [5.41, 5.74) is 16.7. The lowest BCUT2D eigenvalue weighted by atomic mass is 9.84. The molecule has 0 aliphatic carbocycles. The largest absolute Gasteiger partial charge is 0.456 e. The Labute approximate surface area is 372 Å². The van der Waals surface area contributed by atoms with Crippen molar-refractivity contribution in [2.75, 3.05) is 4.90 Å². The van der Waals surface area contributed by atoms with E-state index in [2.05, 4.69) is 248 Å². The number of para-hydroxylation sites is 1. The zero-order valence-corrected chi connectivity index (χ0v) is 35.0. The van der Waals surface area contributed by atoms with Gasteiger partial charge in [0, 0.05) is 16.8 Å². The molecule has 2 heteroatoms. The van der Waals surface area contributed by atoms with Gasteiger partial charge < -0.3 is 9.32 Å². The molecule has 300 valence electrons. The van der Waals surface area contributed by atoms with Gasteiger partial charge in [0.15, 0.2) is 0 Å². The van der Waals surface area contributed by atoms with E-state index in [0.717, 1.165) is 55.7 Å². The Balaban J connectivity index is 1.10. The molecule has 11 aromatic carbocycles. The van der Waals surface area contributed by atoms with Crippen LogP contribution in [0.1, 0.15) is 0 Å². The number of fused-ring (bicyclic) bond motifs is 6. The van der Waals surface area contributed by atoms with Crippen LogP contribution >= 0.6 is 0 Å². The topological polar surface area (TPSA) is 16.4 Å². The lowest BCUT2D eigenvalue weighted by Gasteiger charge is -2.28. The molecule has 1 heterocycles. The maximum atomic E-state index is 6.51. The summed E-state index contributed by atoms with van der Waals surface area (Å²) in [6, 6.07) is 89.7. The summed E-state index contributed by atoms with van der Waals surface area (Å²) in [6.45, 7) is 0. The van der Waals surface area contributed by atoms with Crippen LogP contribution in [-0.2, 0) is 0 Å². The highest BCUT2D eigenvalue weighted by atomic mass is 16.3. The van der Waals surface area contributed by atoms with E-state index in [1.54, 1.807) is 0 Å². The van der Waals surface area contributed by atoms with Crippen LogP contribution in [-0.4, -0.2) is 0 Å². The molecule has 1 aromatic heterocycles. The first-order chi connectivity index (χ1) is 31.8. The molecular weight excluding hydrogens is 775 g/mol. The fourth-order valence-electron chi connectivity index (χ4n) is 9.77. The number of furan rings is 1. The van der Waals surface area contributed by atoms with Gasteiger partial charge in [-0.15, -0.1) is 0 Å². The molecule has 0 radical (unpaired) electrons. The van der Waals surface area contributed by atoms with Crippen LogP contribution in [0.5, 0.6) is 0 Å². The first-order valence-electron chi connectivity index (χ1n) is 21.9. The van der Waals surface area contributed by atoms with Crippen molar-refractivity contribution in [2.45, 2.75) is 0 Å². The highest BCUT2D eigenvalue weighted by Crippen LogP contribution is 2.48. The highest BCUT2D eigenvalue weighted by Gasteiger charge is 2.23. The van der Waals surface area contributed by atoms with Gasteiger partial charge in [-0.25, -0.2) is 0 Å². The quantitative estimate of drug-likeness (QED) is 0.142. The second kappa shape index (κ2) is 15.8. The van der Waals surface area contributed by atoms with Crippen molar-refractivity contribution in [1.82, 2.24) is 0 Å². The molecule has 0 spiro atoms. The van der Waals surface area contributed by atoms with Crippen molar-refractivity contribution in [3.63, 3.8) is 0 Å². The fourth-order valence-corrected chi connectivity index (χ4v) is 9.77. The molecule has 0 aliphatic rings. The van der Waals surface area contributed by atoms with E-state index in [0.29, 0.717) is 0 Å². The van der Waals surface area contributed by atoms with E-state index < -0.39 is 0 Å². The summed E-state index contributed by atoms with van der Waals surface area (Å²) in [4.78, 5) is 2.41. The van der Waals surface area contributed by atoms with Crippen molar-refractivity contribution in [3.8, 4) is 55.6 Å². The fraction of sp³-hybridized carbons (Fsp3) is 0. The average molecular weight is 816 g/mol. The van der Waals surface area contributed by atoms with Crippen LogP contribution in [0.2, 0.25) is 0 Å². The van der Waals surface area contributed by atoms with Crippen LogP contribution in [0.15, 0.2) is 253 Å². The Morgan fingerprint density at radius 3 is 1.47 bits per heavy atom. The Morgan fingerprint density at radius 2 is 0.766 bits per heavy atom. The molecule has 0 saturated heterocycles. The number of anilines is 3. The van der Waals surface area contributed by atoms with Gasteiger partial charge in [0.1, 0.15) is 11.2 Å². The maximum Gasteiger partial charge on any atom is 0.137 e. The number of rotatable bonds is 8. The van der Waals surface area contributed by atoms with Gasteiger partial charge in [-0.1, -0.05) is 200 Å². The summed E-state index contributed by atoms with van der Waals surface area (Å²) in [5, 5.41) is 7.12.